The molecular formula is C10H13ClN2O2. The lowest BCUT2D eigenvalue weighted by Crippen LogP contribution is -2.03. The van der Waals surface area contributed by atoms with Crippen LogP contribution in [0.15, 0.2) is 11.8 Å². The molecule has 4 nitrogen and oxygen atoms in total. The van der Waals surface area contributed by atoms with Gasteiger partial charge in [-0.3, -0.25) is 4.68 Å². The molecule has 0 spiro atoms. The second-order valence-corrected chi connectivity index (χ2v) is 3.92. The largest absolute Gasteiger partial charge is 0.495 e. The summed E-state index contributed by atoms with van der Waals surface area (Å²) in [5, 5.41) is 14.7. The second-order valence-electron chi connectivity index (χ2n) is 3.56. The monoisotopic (exact) mass is 228 g/mol. The quantitative estimate of drug-likeness (QED) is 0.839. The molecule has 82 valence electrons. The minimum absolute atomic E-state index is 0.455. The molecule has 1 aromatic heterocycles. The van der Waals surface area contributed by atoms with E-state index >= 15 is 0 Å². The van der Waals surface area contributed by atoms with Crippen LogP contribution in [0.25, 0.3) is 0 Å². The highest BCUT2D eigenvalue weighted by Gasteiger charge is 2.25. The Hall–Kier alpha value is -1.00. The number of rotatable bonds is 2. The van der Waals surface area contributed by atoms with E-state index in [1.165, 1.54) is 0 Å². The zero-order valence-corrected chi connectivity index (χ0v) is 9.45. The highest BCUT2D eigenvalue weighted by atomic mass is 35.5. The third-order valence-corrected chi connectivity index (χ3v) is 2.92. The van der Waals surface area contributed by atoms with Crippen molar-refractivity contribution in [3.05, 3.63) is 28.2 Å². The van der Waals surface area contributed by atoms with Crippen molar-refractivity contribution < 1.29 is 9.84 Å². The average molecular weight is 229 g/mol. The molecule has 0 saturated heterocycles. The number of aliphatic hydroxyl groups excluding tert-OH is 1. The molecule has 1 unspecified atom stereocenters. The van der Waals surface area contributed by atoms with Crippen molar-refractivity contribution in [3.63, 3.8) is 0 Å². The normalized spacial score (nSPS) is 17.5. The zero-order valence-electron chi connectivity index (χ0n) is 8.70. The average Bonchev–Trinajstić information content (AvgIpc) is 2.76. The first-order valence-electron chi connectivity index (χ1n) is 4.81. The Labute approximate surface area is 93.1 Å². The zero-order chi connectivity index (χ0) is 11.0. The number of halogens is 1. The predicted octanol–water partition coefficient (Wildman–Crippen LogP) is 1.72. The summed E-state index contributed by atoms with van der Waals surface area (Å²) in [5.41, 5.74) is 1.36. The number of ether oxygens (including phenoxy) is 1. The smallest absolute Gasteiger partial charge is 0.140 e. The molecule has 1 aliphatic rings. The first-order chi connectivity index (χ1) is 7.11. The highest BCUT2D eigenvalue weighted by molar-refractivity contribution is 6.30. The van der Waals surface area contributed by atoms with Crippen LogP contribution in [0.1, 0.15) is 23.8 Å². The van der Waals surface area contributed by atoms with Crippen LogP contribution in [0.2, 0.25) is 5.15 Å². The van der Waals surface area contributed by atoms with Gasteiger partial charge in [-0.15, -0.1) is 0 Å². The van der Waals surface area contributed by atoms with Gasteiger partial charge in [0.15, 0.2) is 0 Å². The molecule has 1 aliphatic heterocycles. The van der Waals surface area contributed by atoms with Gasteiger partial charge in [0.2, 0.25) is 0 Å². The van der Waals surface area contributed by atoms with Gasteiger partial charge in [-0.2, -0.15) is 5.10 Å². The fourth-order valence-corrected chi connectivity index (χ4v) is 2.00. The number of hydrogen-bond acceptors (Lipinski definition) is 3. The molecule has 0 saturated carbocycles. The van der Waals surface area contributed by atoms with Crippen LogP contribution in [-0.2, 0) is 11.8 Å². The number of hydrogen-bond donors (Lipinski definition) is 1. The molecule has 15 heavy (non-hydrogen) atoms. The third-order valence-electron chi connectivity index (χ3n) is 2.47. The van der Waals surface area contributed by atoms with Gasteiger partial charge in [0.05, 0.1) is 12.3 Å². The molecular weight excluding hydrogens is 216 g/mol. The van der Waals surface area contributed by atoms with Crippen LogP contribution in [-0.4, -0.2) is 21.5 Å². The van der Waals surface area contributed by atoms with Gasteiger partial charge in [0, 0.05) is 19.0 Å². The summed E-state index contributed by atoms with van der Waals surface area (Å²) in [4.78, 5) is 0. The SMILES string of the molecule is Cc1nn(C)c(Cl)c1C(O)C1=CCCO1. The molecule has 2 heterocycles. The lowest BCUT2D eigenvalue weighted by Gasteiger charge is -2.11. The molecule has 5 heteroatoms. The van der Waals surface area contributed by atoms with E-state index in [9.17, 15) is 5.11 Å². The maximum Gasteiger partial charge on any atom is 0.140 e. The van der Waals surface area contributed by atoms with Gasteiger partial charge >= 0.3 is 0 Å². The predicted molar refractivity (Wildman–Crippen MR) is 56.6 cm³/mol. The second kappa shape index (κ2) is 3.87. The van der Waals surface area contributed by atoms with E-state index in [1.54, 1.807) is 11.7 Å². The number of aryl methyl sites for hydroxylation is 2. The van der Waals surface area contributed by atoms with Gasteiger partial charge < -0.3 is 9.84 Å². The van der Waals surface area contributed by atoms with Crippen LogP contribution < -0.4 is 0 Å². The van der Waals surface area contributed by atoms with E-state index in [0.717, 1.165) is 12.1 Å². The summed E-state index contributed by atoms with van der Waals surface area (Å²) in [6.45, 7) is 2.45. The molecule has 0 amide bonds. The van der Waals surface area contributed by atoms with Crippen molar-refractivity contribution >= 4 is 11.6 Å². The van der Waals surface area contributed by atoms with E-state index < -0.39 is 6.10 Å². The Balaban J connectivity index is 2.36. The van der Waals surface area contributed by atoms with Crippen LogP contribution in [0.5, 0.6) is 0 Å². The van der Waals surface area contributed by atoms with E-state index in [1.807, 2.05) is 13.0 Å². The Morgan fingerprint density at radius 1 is 1.67 bits per heavy atom. The van der Waals surface area contributed by atoms with E-state index in [0.29, 0.717) is 23.1 Å². The molecule has 0 aromatic carbocycles. The molecule has 2 rings (SSSR count). The Morgan fingerprint density at radius 2 is 2.40 bits per heavy atom. The van der Waals surface area contributed by atoms with E-state index in [4.69, 9.17) is 16.3 Å². The number of aliphatic hydroxyl groups is 1. The maximum atomic E-state index is 10.1. The fraction of sp³-hybridized carbons (Fsp3) is 0.500. The number of nitrogens with zero attached hydrogens (tertiary/aromatic N) is 2. The summed E-state index contributed by atoms with van der Waals surface area (Å²) in [6.07, 6.45) is 1.92. The standard InChI is InChI=1S/C10H13ClN2O2/c1-6-8(10(11)13(2)12-6)9(14)7-4-3-5-15-7/h4,9,14H,3,5H2,1-2H3. The first kappa shape index (κ1) is 10.5. The highest BCUT2D eigenvalue weighted by Crippen LogP contribution is 2.32. The minimum Gasteiger partial charge on any atom is -0.495 e. The summed E-state index contributed by atoms with van der Waals surface area (Å²) in [7, 11) is 1.75. The Kier molecular flexibility index (Phi) is 2.71. The summed E-state index contributed by atoms with van der Waals surface area (Å²) in [5.74, 6) is 0.577. The molecule has 0 radical (unpaired) electrons. The molecule has 0 fully saturated rings. The molecule has 0 bridgehead atoms. The van der Waals surface area contributed by atoms with Crippen molar-refractivity contribution in [1.82, 2.24) is 9.78 Å². The maximum absolute atomic E-state index is 10.1. The van der Waals surface area contributed by atoms with Gasteiger partial charge in [0.25, 0.3) is 0 Å². The Bertz CT molecular complexity index is 412. The van der Waals surface area contributed by atoms with Crippen LogP contribution in [0, 0.1) is 6.92 Å². The molecule has 1 atom stereocenters. The van der Waals surface area contributed by atoms with Gasteiger partial charge in [-0.1, -0.05) is 11.6 Å². The lowest BCUT2D eigenvalue weighted by atomic mass is 10.1. The van der Waals surface area contributed by atoms with Crippen molar-refractivity contribution in [1.29, 1.82) is 0 Å². The van der Waals surface area contributed by atoms with Crippen molar-refractivity contribution in [3.8, 4) is 0 Å². The van der Waals surface area contributed by atoms with Crippen LogP contribution >= 0.6 is 11.6 Å². The summed E-state index contributed by atoms with van der Waals surface area (Å²) < 4.78 is 6.85. The van der Waals surface area contributed by atoms with E-state index in [2.05, 4.69) is 5.10 Å². The molecule has 0 aliphatic carbocycles. The van der Waals surface area contributed by atoms with Crippen molar-refractivity contribution in [2.24, 2.45) is 7.05 Å². The topological polar surface area (TPSA) is 47.3 Å². The van der Waals surface area contributed by atoms with Crippen LogP contribution in [0.4, 0.5) is 0 Å². The first-order valence-corrected chi connectivity index (χ1v) is 5.19. The fourth-order valence-electron chi connectivity index (χ4n) is 1.73. The third kappa shape index (κ3) is 1.75. The summed E-state index contributed by atoms with van der Waals surface area (Å²) >= 11 is 6.05. The summed E-state index contributed by atoms with van der Waals surface area (Å²) in [6, 6.07) is 0. The van der Waals surface area contributed by atoms with Crippen molar-refractivity contribution in [2.75, 3.05) is 6.61 Å². The minimum atomic E-state index is -0.798. The lowest BCUT2D eigenvalue weighted by molar-refractivity contribution is 0.118. The van der Waals surface area contributed by atoms with Gasteiger partial charge in [-0.05, 0) is 13.0 Å². The van der Waals surface area contributed by atoms with Crippen LogP contribution in [0.3, 0.4) is 0 Å². The number of aromatic nitrogens is 2. The molecule has 1 N–H and O–H groups in total. The molecule has 1 aromatic rings. The van der Waals surface area contributed by atoms with Gasteiger partial charge in [0.1, 0.15) is 17.0 Å². The van der Waals surface area contributed by atoms with Crippen molar-refractivity contribution in [2.45, 2.75) is 19.4 Å². The van der Waals surface area contributed by atoms with Gasteiger partial charge in [-0.25, -0.2) is 0 Å². The Morgan fingerprint density at radius 3 is 2.87 bits per heavy atom. The van der Waals surface area contributed by atoms with E-state index in [-0.39, 0.29) is 0 Å².